The molecule has 0 saturated heterocycles. The molecule has 0 aliphatic heterocycles. The molecule has 2 aromatic rings. The Kier molecular flexibility index (Phi) is 4.66. The van der Waals surface area contributed by atoms with E-state index in [0.29, 0.717) is 17.5 Å². The van der Waals surface area contributed by atoms with Gasteiger partial charge in [-0.05, 0) is 37.4 Å². The Labute approximate surface area is 127 Å². The summed E-state index contributed by atoms with van der Waals surface area (Å²) in [5.74, 6) is 0.744. The Bertz CT molecular complexity index is 745. The SMILES string of the molecule is CCOc1ccc(-c2nc(SC)n(C)c(=O)c2C#N)cc1. The quantitative estimate of drug-likeness (QED) is 0.641. The number of thioether (sulfide) groups is 1. The first-order chi connectivity index (χ1) is 10.1. The average Bonchev–Trinajstić information content (AvgIpc) is 2.51. The van der Waals surface area contributed by atoms with Gasteiger partial charge in [-0.15, -0.1) is 0 Å². The number of benzene rings is 1. The van der Waals surface area contributed by atoms with E-state index in [2.05, 4.69) is 4.98 Å². The summed E-state index contributed by atoms with van der Waals surface area (Å²) in [4.78, 5) is 16.6. The highest BCUT2D eigenvalue weighted by Crippen LogP contribution is 2.24. The van der Waals surface area contributed by atoms with Gasteiger partial charge in [-0.25, -0.2) is 4.98 Å². The fraction of sp³-hybridized carbons (Fsp3) is 0.267. The molecule has 0 spiro atoms. The van der Waals surface area contributed by atoms with E-state index in [1.54, 1.807) is 31.3 Å². The fourth-order valence-electron chi connectivity index (χ4n) is 1.95. The van der Waals surface area contributed by atoms with Crippen LogP contribution >= 0.6 is 11.8 Å². The number of nitriles is 1. The first kappa shape index (κ1) is 15.1. The van der Waals surface area contributed by atoms with E-state index in [1.165, 1.54) is 16.3 Å². The highest BCUT2D eigenvalue weighted by molar-refractivity contribution is 7.98. The molecule has 0 aliphatic carbocycles. The summed E-state index contributed by atoms with van der Waals surface area (Å²) < 4.78 is 6.78. The second-order valence-electron chi connectivity index (χ2n) is 4.26. The van der Waals surface area contributed by atoms with Gasteiger partial charge in [0.05, 0.1) is 12.3 Å². The first-order valence-corrected chi connectivity index (χ1v) is 7.63. The summed E-state index contributed by atoms with van der Waals surface area (Å²) in [6.07, 6.45) is 1.84. The van der Waals surface area contributed by atoms with Crippen LogP contribution in [0.3, 0.4) is 0 Å². The highest BCUT2D eigenvalue weighted by atomic mass is 32.2. The summed E-state index contributed by atoms with van der Waals surface area (Å²) in [5, 5.41) is 9.82. The average molecular weight is 301 g/mol. The van der Waals surface area contributed by atoms with Crippen molar-refractivity contribution in [2.45, 2.75) is 12.1 Å². The Morgan fingerprint density at radius 2 is 2.05 bits per heavy atom. The van der Waals surface area contributed by atoms with E-state index in [-0.39, 0.29) is 11.1 Å². The van der Waals surface area contributed by atoms with E-state index < -0.39 is 0 Å². The van der Waals surface area contributed by atoms with Crippen molar-refractivity contribution in [3.05, 3.63) is 40.2 Å². The number of hydrogen-bond donors (Lipinski definition) is 0. The van der Waals surface area contributed by atoms with Gasteiger partial charge in [0.1, 0.15) is 17.4 Å². The Balaban J connectivity index is 2.60. The van der Waals surface area contributed by atoms with Crippen LogP contribution in [0.5, 0.6) is 5.75 Å². The molecule has 1 aromatic heterocycles. The number of hydrogen-bond acceptors (Lipinski definition) is 5. The van der Waals surface area contributed by atoms with Crippen molar-refractivity contribution in [3.8, 4) is 23.1 Å². The second kappa shape index (κ2) is 6.46. The van der Waals surface area contributed by atoms with Gasteiger partial charge in [-0.3, -0.25) is 9.36 Å². The zero-order chi connectivity index (χ0) is 15.4. The largest absolute Gasteiger partial charge is 0.494 e. The van der Waals surface area contributed by atoms with Crippen molar-refractivity contribution < 1.29 is 4.74 Å². The van der Waals surface area contributed by atoms with Crippen LogP contribution in [-0.4, -0.2) is 22.4 Å². The lowest BCUT2D eigenvalue weighted by Gasteiger charge is -2.10. The molecule has 108 valence electrons. The maximum atomic E-state index is 12.2. The van der Waals surface area contributed by atoms with E-state index in [9.17, 15) is 10.1 Å². The lowest BCUT2D eigenvalue weighted by atomic mass is 10.1. The van der Waals surface area contributed by atoms with Crippen LogP contribution < -0.4 is 10.3 Å². The third-order valence-electron chi connectivity index (χ3n) is 2.98. The Hall–Kier alpha value is -2.26. The molecule has 5 nitrogen and oxygen atoms in total. The maximum absolute atomic E-state index is 12.2. The molecule has 1 heterocycles. The van der Waals surface area contributed by atoms with Gasteiger partial charge in [0.25, 0.3) is 5.56 Å². The molecular formula is C15H15N3O2S. The van der Waals surface area contributed by atoms with E-state index in [0.717, 1.165) is 11.3 Å². The van der Waals surface area contributed by atoms with Crippen LogP contribution in [0.1, 0.15) is 12.5 Å². The molecule has 0 amide bonds. The molecule has 0 N–H and O–H groups in total. The standard InChI is InChI=1S/C15H15N3O2S/c1-4-20-11-7-5-10(6-8-11)13-12(9-16)14(19)18(2)15(17-13)21-3/h5-8H,4H2,1-3H3. The summed E-state index contributed by atoms with van der Waals surface area (Å²) >= 11 is 1.37. The van der Waals surface area contributed by atoms with Crippen LogP contribution in [0.15, 0.2) is 34.2 Å². The summed E-state index contributed by atoms with van der Waals surface area (Å²) in [7, 11) is 1.62. The van der Waals surface area contributed by atoms with Crippen molar-refractivity contribution in [1.29, 1.82) is 5.26 Å². The number of nitrogens with zero attached hydrogens (tertiary/aromatic N) is 3. The van der Waals surface area contributed by atoms with E-state index in [1.807, 2.05) is 19.2 Å². The number of rotatable bonds is 4. The van der Waals surface area contributed by atoms with Crippen LogP contribution in [0.2, 0.25) is 0 Å². The molecular weight excluding hydrogens is 286 g/mol. The van der Waals surface area contributed by atoms with E-state index >= 15 is 0 Å². The van der Waals surface area contributed by atoms with Gasteiger partial charge in [0, 0.05) is 12.6 Å². The zero-order valence-electron chi connectivity index (χ0n) is 12.1. The minimum Gasteiger partial charge on any atom is -0.494 e. The highest BCUT2D eigenvalue weighted by Gasteiger charge is 2.15. The molecule has 0 atom stereocenters. The predicted molar refractivity (Wildman–Crippen MR) is 82.6 cm³/mol. The molecule has 0 fully saturated rings. The summed E-state index contributed by atoms with van der Waals surface area (Å²) in [5.41, 5.74) is 0.858. The predicted octanol–water partition coefficient (Wildman–Crippen LogP) is 2.44. The monoisotopic (exact) mass is 301 g/mol. The molecule has 0 saturated carbocycles. The molecule has 6 heteroatoms. The molecule has 0 radical (unpaired) electrons. The smallest absolute Gasteiger partial charge is 0.272 e. The topological polar surface area (TPSA) is 67.9 Å². The summed E-state index contributed by atoms with van der Waals surface area (Å²) in [6, 6.07) is 9.17. The molecule has 21 heavy (non-hydrogen) atoms. The minimum absolute atomic E-state index is 0.0551. The first-order valence-electron chi connectivity index (χ1n) is 6.40. The van der Waals surface area contributed by atoms with Crippen LogP contribution in [0.4, 0.5) is 0 Å². The van der Waals surface area contributed by atoms with Gasteiger partial charge < -0.3 is 4.74 Å². The number of ether oxygens (including phenoxy) is 1. The zero-order valence-corrected chi connectivity index (χ0v) is 12.9. The second-order valence-corrected chi connectivity index (χ2v) is 5.03. The normalized spacial score (nSPS) is 10.2. The van der Waals surface area contributed by atoms with Crippen molar-refractivity contribution >= 4 is 11.8 Å². The van der Waals surface area contributed by atoms with Crippen molar-refractivity contribution in [2.24, 2.45) is 7.05 Å². The molecule has 2 rings (SSSR count). The molecule has 0 aliphatic rings. The van der Waals surface area contributed by atoms with Gasteiger partial charge in [-0.1, -0.05) is 11.8 Å². The van der Waals surface area contributed by atoms with Gasteiger partial charge in [-0.2, -0.15) is 5.26 Å². The van der Waals surface area contributed by atoms with Crippen molar-refractivity contribution in [1.82, 2.24) is 9.55 Å². The van der Waals surface area contributed by atoms with Crippen LogP contribution in [0, 0.1) is 11.3 Å². The van der Waals surface area contributed by atoms with E-state index in [4.69, 9.17) is 4.74 Å². The van der Waals surface area contributed by atoms with Crippen molar-refractivity contribution in [3.63, 3.8) is 0 Å². The third-order valence-corrected chi connectivity index (χ3v) is 3.71. The van der Waals surface area contributed by atoms with Crippen LogP contribution in [-0.2, 0) is 7.05 Å². The van der Waals surface area contributed by atoms with Gasteiger partial charge in [0.2, 0.25) is 0 Å². The lowest BCUT2D eigenvalue weighted by molar-refractivity contribution is 0.340. The van der Waals surface area contributed by atoms with Crippen molar-refractivity contribution in [2.75, 3.05) is 12.9 Å². The molecule has 1 aromatic carbocycles. The summed E-state index contributed by atoms with van der Waals surface area (Å²) in [6.45, 7) is 2.50. The maximum Gasteiger partial charge on any atom is 0.272 e. The third kappa shape index (κ3) is 2.93. The van der Waals surface area contributed by atoms with Crippen LogP contribution in [0.25, 0.3) is 11.3 Å². The minimum atomic E-state index is -0.333. The molecule has 0 unspecified atom stereocenters. The lowest BCUT2D eigenvalue weighted by Crippen LogP contribution is -2.23. The van der Waals surface area contributed by atoms with Gasteiger partial charge >= 0.3 is 0 Å². The number of aromatic nitrogens is 2. The van der Waals surface area contributed by atoms with Gasteiger partial charge in [0.15, 0.2) is 5.16 Å². The Morgan fingerprint density at radius 3 is 2.57 bits per heavy atom. The fourth-order valence-corrected chi connectivity index (χ4v) is 2.49. The Morgan fingerprint density at radius 1 is 1.38 bits per heavy atom. The molecule has 0 bridgehead atoms.